The summed E-state index contributed by atoms with van der Waals surface area (Å²) in [6, 6.07) is 6.38. The van der Waals surface area contributed by atoms with Crippen molar-refractivity contribution in [3.05, 3.63) is 34.9 Å². The number of ether oxygens (including phenoxy) is 1. The Hall–Kier alpha value is -1.06. The number of carbonyl (C=O) groups excluding carboxylic acids is 1. The predicted molar refractivity (Wildman–Crippen MR) is 83.3 cm³/mol. The van der Waals surface area contributed by atoms with Crippen LogP contribution < -0.4 is 5.73 Å². The number of halogens is 1. The first-order chi connectivity index (χ1) is 9.15. The fourth-order valence-electron chi connectivity index (χ4n) is 2.73. The highest BCUT2D eigenvalue weighted by molar-refractivity contribution is 5.85. The van der Waals surface area contributed by atoms with Crippen LogP contribution in [0.4, 0.5) is 0 Å². The minimum absolute atomic E-state index is 0. The summed E-state index contributed by atoms with van der Waals surface area (Å²) in [5.41, 5.74) is 9.59. The lowest BCUT2D eigenvalue weighted by atomic mass is 9.82. The Bertz CT molecular complexity index is 462. The maximum atomic E-state index is 11.8. The molecule has 0 aromatic heterocycles. The van der Waals surface area contributed by atoms with Crippen molar-refractivity contribution >= 4 is 18.4 Å². The van der Waals surface area contributed by atoms with Crippen LogP contribution in [0.5, 0.6) is 0 Å². The topological polar surface area (TPSA) is 52.3 Å². The van der Waals surface area contributed by atoms with Gasteiger partial charge in [0.25, 0.3) is 0 Å². The van der Waals surface area contributed by atoms with Crippen molar-refractivity contribution in [3.63, 3.8) is 0 Å². The number of carbonyl (C=O) groups is 1. The van der Waals surface area contributed by atoms with Gasteiger partial charge < -0.3 is 10.5 Å². The molecular formula is C16H24ClNO2. The molecule has 1 aromatic carbocycles. The molecule has 1 aliphatic rings. The predicted octanol–water partition coefficient (Wildman–Crippen LogP) is 2.84. The third kappa shape index (κ3) is 3.74. The summed E-state index contributed by atoms with van der Waals surface area (Å²) >= 11 is 0. The van der Waals surface area contributed by atoms with E-state index in [9.17, 15) is 4.79 Å². The van der Waals surface area contributed by atoms with E-state index in [1.165, 1.54) is 17.5 Å². The highest BCUT2D eigenvalue weighted by Crippen LogP contribution is 2.28. The second-order valence-electron chi connectivity index (χ2n) is 5.35. The van der Waals surface area contributed by atoms with Gasteiger partial charge in [0.05, 0.1) is 12.5 Å². The van der Waals surface area contributed by atoms with E-state index < -0.39 is 0 Å². The van der Waals surface area contributed by atoms with Crippen LogP contribution >= 0.6 is 12.4 Å². The summed E-state index contributed by atoms with van der Waals surface area (Å²) < 4.78 is 5.09. The van der Waals surface area contributed by atoms with Gasteiger partial charge in [-0.3, -0.25) is 4.79 Å². The molecule has 20 heavy (non-hydrogen) atoms. The fraction of sp³-hybridized carbons (Fsp3) is 0.562. The zero-order valence-corrected chi connectivity index (χ0v) is 13.0. The molecule has 0 saturated carbocycles. The quantitative estimate of drug-likeness (QED) is 0.870. The molecule has 0 bridgehead atoms. The number of rotatable bonds is 4. The summed E-state index contributed by atoms with van der Waals surface area (Å²) in [5, 5.41) is 0. The van der Waals surface area contributed by atoms with Crippen LogP contribution in [0.2, 0.25) is 0 Å². The standard InChI is InChI=1S/C16H23NO2.ClH/c1-3-19-16(18)11(2)14-7-6-13-5-4-12(10-17)8-15(13)9-14;/h6-7,9,11-12H,3-5,8,10,17H2,1-2H3;1H. The van der Waals surface area contributed by atoms with Gasteiger partial charge in [0.2, 0.25) is 0 Å². The Kier molecular flexibility index (Phi) is 6.50. The molecule has 1 aliphatic carbocycles. The molecule has 0 fully saturated rings. The third-order valence-corrected chi connectivity index (χ3v) is 4.03. The van der Waals surface area contributed by atoms with Gasteiger partial charge in [-0.15, -0.1) is 12.4 Å². The van der Waals surface area contributed by atoms with Crippen molar-refractivity contribution < 1.29 is 9.53 Å². The summed E-state index contributed by atoms with van der Waals surface area (Å²) in [7, 11) is 0. The van der Waals surface area contributed by atoms with Crippen LogP contribution in [-0.4, -0.2) is 19.1 Å². The van der Waals surface area contributed by atoms with E-state index in [0.29, 0.717) is 12.5 Å². The zero-order valence-electron chi connectivity index (χ0n) is 12.2. The smallest absolute Gasteiger partial charge is 0.313 e. The first-order valence-corrected chi connectivity index (χ1v) is 7.14. The van der Waals surface area contributed by atoms with Gasteiger partial charge in [0.15, 0.2) is 0 Å². The Morgan fingerprint density at radius 3 is 2.85 bits per heavy atom. The van der Waals surface area contributed by atoms with Crippen LogP contribution in [0.15, 0.2) is 18.2 Å². The van der Waals surface area contributed by atoms with Crippen LogP contribution in [0, 0.1) is 5.92 Å². The number of hydrogen-bond acceptors (Lipinski definition) is 3. The van der Waals surface area contributed by atoms with E-state index in [-0.39, 0.29) is 24.3 Å². The highest BCUT2D eigenvalue weighted by Gasteiger charge is 2.21. The molecule has 2 unspecified atom stereocenters. The molecule has 2 N–H and O–H groups in total. The fourth-order valence-corrected chi connectivity index (χ4v) is 2.73. The largest absolute Gasteiger partial charge is 0.466 e. The van der Waals surface area contributed by atoms with Gasteiger partial charge in [-0.2, -0.15) is 0 Å². The Labute approximate surface area is 127 Å². The summed E-state index contributed by atoms with van der Waals surface area (Å²) in [5.74, 6) is 0.248. The maximum Gasteiger partial charge on any atom is 0.313 e. The molecule has 0 radical (unpaired) electrons. The molecular weight excluding hydrogens is 274 g/mol. The van der Waals surface area contributed by atoms with Crippen LogP contribution in [0.1, 0.15) is 42.9 Å². The molecule has 0 amide bonds. The van der Waals surface area contributed by atoms with E-state index in [2.05, 4.69) is 18.2 Å². The normalized spacial score (nSPS) is 18.6. The molecule has 1 aromatic rings. The van der Waals surface area contributed by atoms with Gasteiger partial charge >= 0.3 is 5.97 Å². The molecule has 112 valence electrons. The Morgan fingerprint density at radius 2 is 2.20 bits per heavy atom. The summed E-state index contributed by atoms with van der Waals surface area (Å²) in [6.45, 7) is 4.92. The first kappa shape index (κ1) is 17.0. The van der Waals surface area contributed by atoms with Gasteiger partial charge in [-0.05, 0) is 62.3 Å². The van der Waals surface area contributed by atoms with Crippen LogP contribution in [-0.2, 0) is 22.4 Å². The molecule has 0 aliphatic heterocycles. The first-order valence-electron chi connectivity index (χ1n) is 7.14. The van der Waals surface area contributed by atoms with Crippen molar-refractivity contribution in [2.75, 3.05) is 13.2 Å². The number of fused-ring (bicyclic) bond motifs is 1. The number of benzene rings is 1. The minimum atomic E-state index is -0.191. The monoisotopic (exact) mass is 297 g/mol. The minimum Gasteiger partial charge on any atom is -0.466 e. The zero-order chi connectivity index (χ0) is 13.8. The Balaban J connectivity index is 0.00000200. The molecule has 3 nitrogen and oxygen atoms in total. The van der Waals surface area contributed by atoms with Crippen molar-refractivity contribution in [1.82, 2.24) is 0 Å². The molecule has 4 heteroatoms. The second kappa shape index (κ2) is 7.65. The summed E-state index contributed by atoms with van der Waals surface area (Å²) in [6.07, 6.45) is 3.32. The average molecular weight is 298 g/mol. The molecule has 0 saturated heterocycles. The van der Waals surface area contributed by atoms with E-state index in [1.807, 2.05) is 13.8 Å². The van der Waals surface area contributed by atoms with Crippen molar-refractivity contribution in [2.45, 2.75) is 39.0 Å². The number of aryl methyl sites for hydroxylation is 1. The molecule has 0 heterocycles. The lowest BCUT2D eigenvalue weighted by Crippen LogP contribution is -2.22. The van der Waals surface area contributed by atoms with Gasteiger partial charge in [0.1, 0.15) is 0 Å². The van der Waals surface area contributed by atoms with Gasteiger partial charge in [-0.1, -0.05) is 18.2 Å². The van der Waals surface area contributed by atoms with E-state index in [1.54, 1.807) is 0 Å². The van der Waals surface area contributed by atoms with Crippen LogP contribution in [0.25, 0.3) is 0 Å². The average Bonchev–Trinajstić information content (AvgIpc) is 2.45. The highest BCUT2D eigenvalue weighted by atomic mass is 35.5. The second-order valence-corrected chi connectivity index (χ2v) is 5.35. The lowest BCUT2D eigenvalue weighted by Gasteiger charge is -2.24. The van der Waals surface area contributed by atoms with Crippen molar-refractivity contribution in [1.29, 1.82) is 0 Å². The number of esters is 1. The van der Waals surface area contributed by atoms with E-state index >= 15 is 0 Å². The van der Waals surface area contributed by atoms with Crippen molar-refractivity contribution in [3.8, 4) is 0 Å². The third-order valence-electron chi connectivity index (χ3n) is 4.03. The molecule has 2 rings (SSSR count). The van der Waals surface area contributed by atoms with E-state index in [0.717, 1.165) is 24.9 Å². The molecule has 2 atom stereocenters. The summed E-state index contributed by atoms with van der Waals surface area (Å²) in [4.78, 5) is 11.8. The van der Waals surface area contributed by atoms with Gasteiger partial charge in [0, 0.05) is 0 Å². The number of nitrogens with two attached hydrogens (primary N) is 1. The maximum absolute atomic E-state index is 11.8. The van der Waals surface area contributed by atoms with Gasteiger partial charge in [-0.25, -0.2) is 0 Å². The Morgan fingerprint density at radius 1 is 1.45 bits per heavy atom. The van der Waals surface area contributed by atoms with E-state index in [4.69, 9.17) is 10.5 Å². The van der Waals surface area contributed by atoms with Crippen LogP contribution in [0.3, 0.4) is 0 Å². The lowest BCUT2D eigenvalue weighted by molar-refractivity contribution is -0.144. The SMILES string of the molecule is CCOC(=O)C(C)c1ccc2c(c1)CC(CN)CC2.Cl. The molecule has 0 spiro atoms. The number of hydrogen-bond donors (Lipinski definition) is 1. The van der Waals surface area contributed by atoms with Crippen molar-refractivity contribution in [2.24, 2.45) is 11.7 Å².